The predicted molar refractivity (Wildman–Crippen MR) is 69.6 cm³/mol. The van der Waals surface area contributed by atoms with Gasteiger partial charge in [0.15, 0.2) is 5.82 Å². The zero-order valence-electron chi connectivity index (χ0n) is 11.2. The van der Waals surface area contributed by atoms with Crippen molar-refractivity contribution in [1.29, 1.82) is 0 Å². The topological polar surface area (TPSA) is 72.2 Å². The van der Waals surface area contributed by atoms with Crippen LogP contribution in [0.4, 0.5) is 0 Å². The van der Waals surface area contributed by atoms with Crippen LogP contribution in [0.2, 0.25) is 0 Å². The van der Waals surface area contributed by atoms with Crippen molar-refractivity contribution in [2.24, 2.45) is 0 Å². The first-order chi connectivity index (χ1) is 9.42. The summed E-state index contributed by atoms with van der Waals surface area (Å²) in [5.41, 5.74) is 0. The lowest BCUT2D eigenvalue weighted by Crippen LogP contribution is -2.32. The summed E-state index contributed by atoms with van der Waals surface area (Å²) in [7, 11) is 0. The van der Waals surface area contributed by atoms with E-state index in [1.807, 2.05) is 0 Å². The lowest BCUT2D eigenvalue weighted by atomic mass is 10.0. The maximum Gasteiger partial charge on any atom is 0.252 e. The van der Waals surface area contributed by atoms with Gasteiger partial charge in [-0.05, 0) is 45.3 Å². The molecule has 1 atom stereocenters. The normalized spacial score (nSPS) is 25.6. The summed E-state index contributed by atoms with van der Waals surface area (Å²) in [5, 5.41) is 10.8. The Labute approximate surface area is 113 Å². The van der Waals surface area contributed by atoms with E-state index >= 15 is 0 Å². The molecule has 6 nitrogen and oxygen atoms in total. The molecule has 6 heteroatoms. The first-order valence-corrected chi connectivity index (χ1v) is 7.30. The maximum atomic E-state index is 5.81. The molecular formula is C13H22N4O2. The van der Waals surface area contributed by atoms with Crippen LogP contribution in [0.25, 0.3) is 0 Å². The summed E-state index contributed by atoms with van der Waals surface area (Å²) in [5.74, 6) is 1.38. The Balaban J connectivity index is 1.49. The Morgan fingerprint density at radius 2 is 2.05 bits per heavy atom. The second-order valence-electron chi connectivity index (χ2n) is 5.31. The first kappa shape index (κ1) is 13.0. The van der Waals surface area contributed by atoms with Gasteiger partial charge in [0.25, 0.3) is 5.89 Å². The Hall–Kier alpha value is -0.980. The van der Waals surface area contributed by atoms with Crippen LogP contribution < -0.4 is 10.6 Å². The van der Waals surface area contributed by atoms with Crippen LogP contribution in [0.3, 0.4) is 0 Å². The molecule has 0 aliphatic carbocycles. The van der Waals surface area contributed by atoms with Gasteiger partial charge in [-0.1, -0.05) is 11.6 Å². The Kier molecular flexibility index (Phi) is 4.42. The van der Waals surface area contributed by atoms with Gasteiger partial charge in [0.2, 0.25) is 0 Å². The first-order valence-electron chi connectivity index (χ1n) is 7.30. The molecule has 19 heavy (non-hydrogen) atoms. The molecule has 0 aromatic carbocycles. The largest absolute Gasteiger partial charge is 0.368 e. The number of hydrogen-bond acceptors (Lipinski definition) is 6. The average Bonchev–Trinajstić information content (AvgIpc) is 2.96. The zero-order valence-corrected chi connectivity index (χ0v) is 11.2. The van der Waals surface area contributed by atoms with Crippen molar-refractivity contribution in [3.63, 3.8) is 0 Å². The van der Waals surface area contributed by atoms with E-state index in [2.05, 4.69) is 20.8 Å². The lowest BCUT2D eigenvalue weighted by molar-refractivity contribution is 0.00859. The van der Waals surface area contributed by atoms with Gasteiger partial charge in [0.1, 0.15) is 6.61 Å². The lowest BCUT2D eigenvalue weighted by Gasteiger charge is -2.22. The molecule has 1 aromatic heterocycles. The fourth-order valence-corrected chi connectivity index (χ4v) is 2.69. The van der Waals surface area contributed by atoms with Crippen LogP contribution >= 0.6 is 0 Å². The predicted octanol–water partition coefficient (Wildman–Crippen LogP) is 1.15. The molecule has 0 saturated carbocycles. The summed E-state index contributed by atoms with van der Waals surface area (Å²) in [6, 6.07) is 0.255. The van der Waals surface area contributed by atoms with Gasteiger partial charge in [-0.25, -0.2) is 0 Å². The van der Waals surface area contributed by atoms with E-state index in [0.717, 1.165) is 44.7 Å². The standard InChI is InChI=1S/C13H22N4O2/c1-2-6-15-11(3-1)13-16-12(19-17-13)9-18-10-4-7-14-8-5-10/h10-11,14-15H,1-9H2. The van der Waals surface area contributed by atoms with Crippen LogP contribution in [-0.2, 0) is 11.3 Å². The Morgan fingerprint density at radius 3 is 2.84 bits per heavy atom. The molecule has 2 N–H and O–H groups in total. The van der Waals surface area contributed by atoms with Crippen LogP contribution in [-0.4, -0.2) is 35.9 Å². The maximum absolute atomic E-state index is 5.81. The summed E-state index contributed by atoms with van der Waals surface area (Å²) < 4.78 is 11.1. The van der Waals surface area contributed by atoms with E-state index in [0.29, 0.717) is 18.6 Å². The number of aromatic nitrogens is 2. The van der Waals surface area contributed by atoms with Crippen LogP contribution in [0.15, 0.2) is 4.52 Å². The Morgan fingerprint density at radius 1 is 1.16 bits per heavy atom. The van der Waals surface area contributed by atoms with Gasteiger partial charge in [-0.15, -0.1) is 0 Å². The van der Waals surface area contributed by atoms with E-state index in [1.54, 1.807) is 0 Å². The van der Waals surface area contributed by atoms with E-state index in [4.69, 9.17) is 9.26 Å². The molecule has 0 amide bonds. The minimum atomic E-state index is 0.255. The van der Waals surface area contributed by atoms with Gasteiger partial charge in [-0.2, -0.15) is 4.98 Å². The minimum absolute atomic E-state index is 0.255. The summed E-state index contributed by atoms with van der Waals surface area (Å²) in [4.78, 5) is 4.44. The number of rotatable bonds is 4. The SMILES string of the molecule is C1CCC(c2noc(COC3CCNCC3)n2)NC1. The van der Waals surface area contributed by atoms with Crippen molar-refractivity contribution in [1.82, 2.24) is 20.8 Å². The molecule has 0 bridgehead atoms. The number of ether oxygens (including phenoxy) is 1. The highest BCUT2D eigenvalue weighted by Gasteiger charge is 2.21. The molecule has 0 radical (unpaired) electrons. The zero-order chi connectivity index (χ0) is 12.9. The van der Waals surface area contributed by atoms with Crippen molar-refractivity contribution < 1.29 is 9.26 Å². The molecular weight excluding hydrogens is 244 g/mol. The Bertz CT molecular complexity index is 384. The van der Waals surface area contributed by atoms with E-state index in [1.165, 1.54) is 12.8 Å². The summed E-state index contributed by atoms with van der Waals surface area (Å²) >= 11 is 0. The van der Waals surface area contributed by atoms with E-state index in [9.17, 15) is 0 Å². The van der Waals surface area contributed by atoms with Crippen LogP contribution in [0.5, 0.6) is 0 Å². The number of hydrogen-bond donors (Lipinski definition) is 2. The van der Waals surface area contributed by atoms with Gasteiger partial charge < -0.3 is 19.9 Å². The van der Waals surface area contributed by atoms with Crippen molar-refractivity contribution in [2.75, 3.05) is 19.6 Å². The molecule has 2 aliphatic heterocycles. The monoisotopic (exact) mass is 266 g/mol. The highest BCUT2D eigenvalue weighted by Crippen LogP contribution is 2.20. The highest BCUT2D eigenvalue weighted by atomic mass is 16.5. The van der Waals surface area contributed by atoms with Crippen molar-refractivity contribution in [2.45, 2.75) is 50.9 Å². The minimum Gasteiger partial charge on any atom is -0.368 e. The summed E-state index contributed by atoms with van der Waals surface area (Å²) in [6.45, 7) is 3.54. The molecule has 1 unspecified atom stereocenters. The van der Waals surface area contributed by atoms with E-state index in [-0.39, 0.29) is 6.04 Å². The molecule has 0 spiro atoms. The second kappa shape index (κ2) is 6.45. The molecule has 106 valence electrons. The third-order valence-electron chi connectivity index (χ3n) is 3.83. The fourth-order valence-electron chi connectivity index (χ4n) is 2.69. The quantitative estimate of drug-likeness (QED) is 0.852. The fraction of sp³-hybridized carbons (Fsp3) is 0.846. The average molecular weight is 266 g/mol. The number of nitrogens with zero attached hydrogens (tertiary/aromatic N) is 2. The van der Waals surface area contributed by atoms with Crippen molar-refractivity contribution in [3.8, 4) is 0 Å². The van der Waals surface area contributed by atoms with Gasteiger partial charge in [-0.3, -0.25) is 0 Å². The highest BCUT2D eigenvalue weighted by molar-refractivity contribution is 4.95. The van der Waals surface area contributed by atoms with Crippen LogP contribution in [0, 0.1) is 0 Å². The van der Waals surface area contributed by atoms with E-state index < -0.39 is 0 Å². The molecule has 2 fully saturated rings. The summed E-state index contributed by atoms with van der Waals surface area (Å²) in [6.07, 6.45) is 6.00. The number of piperidine rings is 2. The number of nitrogens with one attached hydrogen (secondary N) is 2. The smallest absolute Gasteiger partial charge is 0.252 e. The second-order valence-corrected chi connectivity index (χ2v) is 5.31. The third-order valence-corrected chi connectivity index (χ3v) is 3.83. The third kappa shape index (κ3) is 3.52. The molecule has 3 rings (SSSR count). The van der Waals surface area contributed by atoms with Gasteiger partial charge >= 0.3 is 0 Å². The molecule has 3 heterocycles. The molecule has 2 aliphatic rings. The van der Waals surface area contributed by atoms with Crippen molar-refractivity contribution in [3.05, 3.63) is 11.7 Å². The van der Waals surface area contributed by atoms with Gasteiger partial charge in [0, 0.05) is 0 Å². The van der Waals surface area contributed by atoms with Crippen LogP contribution in [0.1, 0.15) is 49.9 Å². The van der Waals surface area contributed by atoms with Gasteiger partial charge in [0.05, 0.1) is 12.1 Å². The molecule has 2 saturated heterocycles. The van der Waals surface area contributed by atoms with Crippen molar-refractivity contribution >= 4 is 0 Å². The molecule has 1 aromatic rings.